The molecule has 1 aliphatic rings. The third-order valence-electron chi connectivity index (χ3n) is 1.39. The van der Waals surface area contributed by atoms with Crippen molar-refractivity contribution in [1.82, 2.24) is 4.90 Å². The van der Waals surface area contributed by atoms with Crippen molar-refractivity contribution < 1.29 is 19.5 Å². The van der Waals surface area contributed by atoms with Gasteiger partial charge in [0.15, 0.2) is 0 Å². The van der Waals surface area contributed by atoms with Crippen LogP contribution in [0.2, 0.25) is 0 Å². The molecule has 5 nitrogen and oxygen atoms in total. The molecule has 0 bridgehead atoms. The second-order valence-corrected chi connectivity index (χ2v) is 3.23. The van der Waals surface area contributed by atoms with Gasteiger partial charge in [0.05, 0.1) is 5.75 Å². The highest BCUT2D eigenvalue weighted by Gasteiger charge is 2.28. The molecule has 0 saturated carbocycles. The van der Waals surface area contributed by atoms with Gasteiger partial charge in [-0.1, -0.05) is 17.8 Å². The summed E-state index contributed by atoms with van der Waals surface area (Å²) in [7, 11) is 0. The molecule has 1 heterocycles. The van der Waals surface area contributed by atoms with E-state index < -0.39 is 5.97 Å². The third kappa shape index (κ3) is 2.59. The Morgan fingerprint density at radius 1 is 1.62 bits per heavy atom. The molecule has 0 aromatic heterocycles. The van der Waals surface area contributed by atoms with Gasteiger partial charge in [0.2, 0.25) is 5.91 Å². The van der Waals surface area contributed by atoms with E-state index in [1.165, 1.54) is 6.08 Å². The van der Waals surface area contributed by atoms with Crippen LogP contribution in [0.25, 0.3) is 0 Å². The van der Waals surface area contributed by atoms with Crippen LogP contribution in [-0.4, -0.2) is 39.4 Å². The normalized spacial score (nSPS) is 17.4. The van der Waals surface area contributed by atoms with Crippen molar-refractivity contribution in [3.8, 4) is 0 Å². The minimum Gasteiger partial charge on any atom is -0.478 e. The Kier molecular flexibility index (Phi) is 3.07. The molecule has 1 rings (SSSR count). The van der Waals surface area contributed by atoms with E-state index in [4.69, 9.17) is 5.11 Å². The Hall–Kier alpha value is -1.30. The summed E-state index contributed by atoms with van der Waals surface area (Å²) in [6.45, 7) is 0.0387. The summed E-state index contributed by atoms with van der Waals surface area (Å²) in [5.74, 6) is -1.21. The number of thioether (sulfide) groups is 1. The van der Waals surface area contributed by atoms with E-state index in [1.807, 2.05) is 0 Å². The van der Waals surface area contributed by atoms with Crippen molar-refractivity contribution in [1.29, 1.82) is 0 Å². The summed E-state index contributed by atoms with van der Waals surface area (Å²) in [6, 6.07) is 0. The number of carbonyl (C=O) groups excluding carboxylic acids is 2. The highest BCUT2D eigenvalue weighted by molar-refractivity contribution is 8.14. The molecule has 2 amide bonds. The molecule has 1 saturated heterocycles. The molecule has 0 aromatic carbocycles. The standard InChI is InChI=1S/C7H7NO4S/c9-5-4-13-7(12)8(5)3-1-2-6(10)11/h1-2H,3-4H2,(H,10,11). The first-order valence-corrected chi connectivity index (χ1v) is 4.46. The molecule has 6 heteroatoms. The Balaban J connectivity index is 2.49. The number of nitrogens with zero attached hydrogens (tertiary/aromatic N) is 1. The fraction of sp³-hybridized carbons (Fsp3) is 0.286. The lowest BCUT2D eigenvalue weighted by molar-refractivity contribution is -0.131. The molecule has 1 fully saturated rings. The van der Waals surface area contributed by atoms with Crippen LogP contribution >= 0.6 is 11.8 Å². The molecule has 0 unspecified atom stereocenters. The van der Waals surface area contributed by atoms with Crippen LogP contribution in [-0.2, 0) is 9.59 Å². The van der Waals surface area contributed by atoms with Crippen molar-refractivity contribution in [3.05, 3.63) is 12.2 Å². The fourth-order valence-electron chi connectivity index (χ4n) is 0.816. The van der Waals surface area contributed by atoms with Gasteiger partial charge in [-0.2, -0.15) is 0 Å². The number of rotatable bonds is 3. The molecule has 0 radical (unpaired) electrons. The van der Waals surface area contributed by atoms with Crippen molar-refractivity contribution in [3.63, 3.8) is 0 Å². The van der Waals surface area contributed by atoms with Crippen LogP contribution in [0.4, 0.5) is 4.79 Å². The van der Waals surface area contributed by atoms with Gasteiger partial charge >= 0.3 is 5.97 Å². The summed E-state index contributed by atoms with van der Waals surface area (Å²) in [6.07, 6.45) is 2.17. The average Bonchev–Trinajstić information content (AvgIpc) is 2.34. The number of imide groups is 1. The second kappa shape index (κ2) is 4.08. The quantitative estimate of drug-likeness (QED) is 0.665. The van der Waals surface area contributed by atoms with Gasteiger partial charge in [0.1, 0.15) is 0 Å². The van der Waals surface area contributed by atoms with Crippen molar-refractivity contribution >= 4 is 28.9 Å². The van der Waals surface area contributed by atoms with E-state index in [0.29, 0.717) is 0 Å². The largest absolute Gasteiger partial charge is 0.478 e. The van der Waals surface area contributed by atoms with Gasteiger partial charge in [-0.3, -0.25) is 14.5 Å². The summed E-state index contributed by atoms with van der Waals surface area (Å²) >= 11 is 0.928. The Morgan fingerprint density at radius 3 is 2.77 bits per heavy atom. The minimum absolute atomic E-state index is 0.0387. The number of carboxylic acid groups (broad SMARTS) is 1. The van der Waals surface area contributed by atoms with Gasteiger partial charge in [-0.05, 0) is 0 Å². The molecule has 0 aromatic rings. The zero-order chi connectivity index (χ0) is 9.84. The van der Waals surface area contributed by atoms with E-state index >= 15 is 0 Å². The molecule has 1 aliphatic heterocycles. The summed E-state index contributed by atoms with van der Waals surface area (Å²) < 4.78 is 0. The summed E-state index contributed by atoms with van der Waals surface area (Å²) in [5, 5.41) is 7.92. The van der Waals surface area contributed by atoms with Crippen LogP contribution in [0.1, 0.15) is 0 Å². The van der Waals surface area contributed by atoms with E-state index in [0.717, 1.165) is 22.7 Å². The van der Waals surface area contributed by atoms with Crippen LogP contribution in [0.5, 0.6) is 0 Å². The molecule has 0 spiro atoms. The maximum Gasteiger partial charge on any atom is 0.328 e. The highest BCUT2D eigenvalue weighted by Crippen LogP contribution is 2.17. The Labute approximate surface area is 78.4 Å². The topological polar surface area (TPSA) is 74.7 Å². The molecular formula is C7H7NO4S. The van der Waals surface area contributed by atoms with Gasteiger partial charge in [0.25, 0.3) is 5.24 Å². The number of hydrogen-bond donors (Lipinski definition) is 1. The number of carbonyl (C=O) groups is 3. The van der Waals surface area contributed by atoms with E-state index in [-0.39, 0.29) is 23.4 Å². The zero-order valence-electron chi connectivity index (χ0n) is 6.60. The lowest BCUT2D eigenvalue weighted by Crippen LogP contribution is -2.28. The van der Waals surface area contributed by atoms with Crippen LogP contribution in [0, 0.1) is 0 Å². The fourth-order valence-corrected chi connectivity index (χ4v) is 1.55. The molecule has 70 valence electrons. The first-order valence-electron chi connectivity index (χ1n) is 3.48. The number of amides is 2. The van der Waals surface area contributed by atoms with Crippen molar-refractivity contribution in [2.75, 3.05) is 12.3 Å². The smallest absolute Gasteiger partial charge is 0.328 e. The average molecular weight is 201 g/mol. The second-order valence-electron chi connectivity index (χ2n) is 2.30. The SMILES string of the molecule is O=C(O)C=CCN1C(=O)CSC1=O. The molecule has 0 atom stereocenters. The van der Waals surface area contributed by atoms with Crippen LogP contribution in [0.15, 0.2) is 12.2 Å². The van der Waals surface area contributed by atoms with Crippen LogP contribution < -0.4 is 0 Å². The van der Waals surface area contributed by atoms with Crippen molar-refractivity contribution in [2.45, 2.75) is 0 Å². The Bertz CT molecular complexity index is 270. The van der Waals surface area contributed by atoms with Crippen LogP contribution in [0.3, 0.4) is 0 Å². The zero-order valence-corrected chi connectivity index (χ0v) is 7.41. The molecular weight excluding hydrogens is 194 g/mol. The van der Waals surface area contributed by atoms with Crippen molar-refractivity contribution in [2.24, 2.45) is 0 Å². The molecule has 0 aliphatic carbocycles. The third-order valence-corrected chi connectivity index (χ3v) is 2.25. The lowest BCUT2D eigenvalue weighted by atomic mass is 10.4. The molecule has 1 N–H and O–H groups in total. The van der Waals surface area contributed by atoms with E-state index in [2.05, 4.69) is 0 Å². The van der Waals surface area contributed by atoms with E-state index in [9.17, 15) is 14.4 Å². The predicted octanol–water partition coefficient (Wildman–Crippen LogP) is 0.323. The van der Waals surface area contributed by atoms with Gasteiger partial charge in [0, 0.05) is 12.6 Å². The highest BCUT2D eigenvalue weighted by atomic mass is 32.2. The van der Waals surface area contributed by atoms with Gasteiger partial charge < -0.3 is 5.11 Å². The lowest BCUT2D eigenvalue weighted by Gasteiger charge is -2.07. The van der Waals surface area contributed by atoms with Gasteiger partial charge in [-0.25, -0.2) is 4.79 Å². The monoisotopic (exact) mass is 201 g/mol. The van der Waals surface area contributed by atoms with Gasteiger partial charge in [-0.15, -0.1) is 0 Å². The number of aliphatic carboxylic acids is 1. The maximum absolute atomic E-state index is 11.0. The number of carboxylic acids is 1. The predicted molar refractivity (Wildman–Crippen MR) is 46.3 cm³/mol. The summed E-state index contributed by atoms with van der Waals surface area (Å²) in [4.78, 5) is 33.0. The maximum atomic E-state index is 11.0. The van der Waals surface area contributed by atoms with E-state index in [1.54, 1.807) is 0 Å². The first-order chi connectivity index (χ1) is 6.11. The first kappa shape index (κ1) is 9.79. The molecule has 13 heavy (non-hydrogen) atoms. The summed E-state index contributed by atoms with van der Waals surface area (Å²) in [5.41, 5.74) is 0. The Morgan fingerprint density at radius 2 is 2.31 bits per heavy atom. The minimum atomic E-state index is -1.09. The number of hydrogen-bond acceptors (Lipinski definition) is 4.